The third-order valence-corrected chi connectivity index (χ3v) is 3.07. The van der Waals surface area contributed by atoms with Gasteiger partial charge in [-0.3, -0.25) is 0 Å². The molecule has 0 aliphatic heterocycles. The van der Waals surface area contributed by atoms with Crippen LogP contribution in [0.15, 0.2) is 24.8 Å². The molecule has 0 unspecified atom stereocenters. The number of halogens is 3. The summed E-state index contributed by atoms with van der Waals surface area (Å²) in [5.41, 5.74) is 1.11. The molecule has 9 heteroatoms. The van der Waals surface area contributed by atoms with E-state index in [9.17, 15) is 13.2 Å². The fourth-order valence-corrected chi connectivity index (χ4v) is 1.91. The normalized spacial score (nSPS) is 12.2. The van der Waals surface area contributed by atoms with E-state index in [1.54, 1.807) is 26.1 Å². The molecule has 23 heavy (non-hydrogen) atoms. The van der Waals surface area contributed by atoms with Crippen LogP contribution in [0.2, 0.25) is 0 Å². The van der Waals surface area contributed by atoms with Crippen molar-refractivity contribution >= 4 is 17.5 Å². The van der Waals surface area contributed by atoms with Crippen molar-refractivity contribution in [1.82, 2.24) is 19.9 Å². The van der Waals surface area contributed by atoms with E-state index in [-0.39, 0.29) is 11.8 Å². The van der Waals surface area contributed by atoms with Crippen molar-refractivity contribution in [3.63, 3.8) is 0 Å². The number of hydrogen-bond acceptors (Lipinski definition) is 6. The number of aromatic nitrogens is 4. The minimum Gasteiger partial charge on any atom is -0.372 e. The highest BCUT2D eigenvalue weighted by molar-refractivity contribution is 5.75. The lowest BCUT2D eigenvalue weighted by Gasteiger charge is -2.14. The zero-order valence-electron chi connectivity index (χ0n) is 12.7. The van der Waals surface area contributed by atoms with Crippen LogP contribution in [-0.2, 0) is 6.18 Å². The highest BCUT2D eigenvalue weighted by atomic mass is 19.4. The molecule has 2 aromatic rings. The topological polar surface area (TPSA) is 75.6 Å². The van der Waals surface area contributed by atoms with Crippen molar-refractivity contribution in [2.45, 2.75) is 20.0 Å². The number of alkyl halides is 3. The molecule has 2 rings (SSSR count). The molecule has 0 aliphatic carbocycles. The fraction of sp³-hybridized carbons (Fsp3) is 0.286. The summed E-state index contributed by atoms with van der Waals surface area (Å²) in [5, 5.41) is 5.32. The molecule has 0 atom stereocenters. The maximum atomic E-state index is 12.8. The molecule has 0 saturated carbocycles. The molecule has 2 heterocycles. The summed E-state index contributed by atoms with van der Waals surface area (Å²) < 4.78 is 38.5. The van der Waals surface area contributed by atoms with Gasteiger partial charge in [0.25, 0.3) is 0 Å². The molecular weight excluding hydrogens is 309 g/mol. The first-order chi connectivity index (χ1) is 10.9. The van der Waals surface area contributed by atoms with Crippen LogP contribution in [0.4, 0.5) is 24.9 Å². The average Bonchev–Trinajstić information content (AvgIpc) is 2.52. The van der Waals surface area contributed by atoms with Crippen molar-refractivity contribution in [3.8, 4) is 0 Å². The van der Waals surface area contributed by atoms with E-state index in [1.807, 2.05) is 0 Å². The van der Waals surface area contributed by atoms with E-state index in [0.717, 1.165) is 11.9 Å². The first kappa shape index (κ1) is 16.7. The van der Waals surface area contributed by atoms with Gasteiger partial charge in [-0.05, 0) is 13.8 Å². The van der Waals surface area contributed by atoms with Gasteiger partial charge in [0.05, 0.1) is 0 Å². The van der Waals surface area contributed by atoms with Gasteiger partial charge in [0, 0.05) is 36.4 Å². The second-order valence-electron chi connectivity index (χ2n) is 4.55. The monoisotopic (exact) mass is 324 g/mol. The quantitative estimate of drug-likeness (QED) is 0.900. The Labute approximate surface area is 130 Å². The largest absolute Gasteiger partial charge is 0.421 e. The Kier molecular flexibility index (Phi) is 4.77. The van der Waals surface area contributed by atoms with E-state index < -0.39 is 11.7 Å². The summed E-state index contributed by atoms with van der Waals surface area (Å²) in [6, 6.07) is 0. The van der Waals surface area contributed by atoms with Gasteiger partial charge >= 0.3 is 6.18 Å². The molecule has 0 aliphatic rings. The Morgan fingerprint density at radius 1 is 1.22 bits per heavy atom. The lowest BCUT2D eigenvalue weighted by Crippen LogP contribution is -2.13. The van der Waals surface area contributed by atoms with E-state index >= 15 is 0 Å². The maximum Gasteiger partial charge on any atom is 0.421 e. The number of aryl methyl sites for hydroxylation is 1. The van der Waals surface area contributed by atoms with Crippen LogP contribution in [-0.4, -0.2) is 27.0 Å². The molecular formula is C14H15F3N6. The standard InChI is InChI=1S/C14H15F3N6/c1-4-11(9-5-19-7-21-8(9)2)22-13-20-6-10(14(15,16)17)12(18-3)23-13/h4-7H,1-3H3,(H2,18,20,22,23)/b11-4+. The molecule has 0 radical (unpaired) electrons. The summed E-state index contributed by atoms with van der Waals surface area (Å²) in [5.74, 6) is -0.259. The highest BCUT2D eigenvalue weighted by Crippen LogP contribution is 2.33. The fourth-order valence-electron chi connectivity index (χ4n) is 1.91. The predicted octanol–water partition coefficient (Wildman–Crippen LogP) is 3.11. The highest BCUT2D eigenvalue weighted by Gasteiger charge is 2.35. The van der Waals surface area contributed by atoms with Crippen LogP contribution in [0.3, 0.4) is 0 Å². The van der Waals surface area contributed by atoms with Gasteiger partial charge in [-0.1, -0.05) is 6.08 Å². The molecule has 0 bridgehead atoms. The van der Waals surface area contributed by atoms with Crippen LogP contribution in [0.1, 0.15) is 23.7 Å². The number of rotatable bonds is 4. The Balaban J connectivity index is 2.35. The SMILES string of the molecule is C/C=C(/Nc1ncc(C(F)(F)F)c(NC)n1)c1cncnc1C. The van der Waals surface area contributed by atoms with Gasteiger partial charge in [0.15, 0.2) is 0 Å². The summed E-state index contributed by atoms with van der Waals surface area (Å²) in [6.45, 7) is 3.58. The van der Waals surface area contributed by atoms with E-state index in [1.165, 1.54) is 13.4 Å². The van der Waals surface area contributed by atoms with Crippen LogP contribution in [0.25, 0.3) is 5.70 Å². The van der Waals surface area contributed by atoms with Crippen LogP contribution >= 0.6 is 0 Å². The molecule has 0 aromatic carbocycles. The number of nitrogens with zero attached hydrogens (tertiary/aromatic N) is 4. The minimum atomic E-state index is -4.52. The van der Waals surface area contributed by atoms with Crippen LogP contribution in [0.5, 0.6) is 0 Å². The Morgan fingerprint density at radius 3 is 2.52 bits per heavy atom. The Morgan fingerprint density at radius 2 is 1.96 bits per heavy atom. The number of nitrogens with one attached hydrogen (secondary N) is 2. The van der Waals surface area contributed by atoms with Crippen molar-refractivity contribution in [2.24, 2.45) is 0 Å². The van der Waals surface area contributed by atoms with Gasteiger partial charge in [0.1, 0.15) is 17.7 Å². The predicted molar refractivity (Wildman–Crippen MR) is 80.6 cm³/mol. The second-order valence-corrected chi connectivity index (χ2v) is 4.55. The van der Waals surface area contributed by atoms with Gasteiger partial charge < -0.3 is 10.6 Å². The lowest BCUT2D eigenvalue weighted by molar-refractivity contribution is -0.137. The molecule has 0 saturated heterocycles. The van der Waals surface area contributed by atoms with Gasteiger partial charge in [-0.2, -0.15) is 18.2 Å². The Bertz CT molecular complexity index is 727. The molecule has 0 amide bonds. The first-order valence-electron chi connectivity index (χ1n) is 6.69. The maximum absolute atomic E-state index is 12.8. The van der Waals surface area contributed by atoms with Crippen LogP contribution < -0.4 is 10.6 Å². The van der Waals surface area contributed by atoms with Gasteiger partial charge in [-0.25, -0.2) is 15.0 Å². The van der Waals surface area contributed by atoms with Crippen molar-refractivity contribution in [2.75, 3.05) is 17.7 Å². The van der Waals surface area contributed by atoms with E-state index in [4.69, 9.17) is 0 Å². The summed E-state index contributed by atoms with van der Waals surface area (Å²) in [6.07, 6.45) is 0.978. The summed E-state index contributed by atoms with van der Waals surface area (Å²) in [7, 11) is 1.37. The molecule has 2 N–H and O–H groups in total. The van der Waals surface area contributed by atoms with Crippen molar-refractivity contribution in [3.05, 3.63) is 41.6 Å². The van der Waals surface area contributed by atoms with Crippen LogP contribution in [0, 0.1) is 6.92 Å². The van der Waals surface area contributed by atoms with E-state index in [2.05, 4.69) is 30.6 Å². The molecule has 122 valence electrons. The van der Waals surface area contributed by atoms with Gasteiger partial charge in [0.2, 0.25) is 5.95 Å². The second kappa shape index (κ2) is 6.59. The molecule has 2 aromatic heterocycles. The van der Waals surface area contributed by atoms with Crippen molar-refractivity contribution < 1.29 is 13.2 Å². The zero-order chi connectivity index (χ0) is 17.0. The first-order valence-corrected chi connectivity index (χ1v) is 6.69. The molecule has 6 nitrogen and oxygen atoms in total. The number of allylic oxidation sites excluding steroid dienone is 1. The Hall–Kier alpha value is -2.71. The third-order valence-electron chi connectivity index (χ3n) is 3.07. The summed E-state index contributed by atoms with van der Waals surface area (Å²) >= 11 is 0. The third kappa shape index (κ3) is 3.74. The molecule has 0 fully saturated rings. The smallest absolute Gasteiger partial charge is 0.372 e. The molecule has 0 spiro atoms. The summed E-state index contributed by atoms with van der Waals surface area (Å²) in [4.78, 5) is 15.6. The van der Waals surface area contributed by atoms with Crippen molar-refractivity contribution in [1.29, 1.82) is 0 Å². The minimum absolute atomic E-state index is 0.0405. The van der Waals surface area contributed by atoms with E-state index in [0.29, 0.717) is 11.3 Å². The number of hydrogen-bond donors (Lipinski definition) is 2. The average molecular weight is 324 g/mol. The zero-order valence-corrected chi connectivity index (χ0v) is 12.7. The lowest BCUT2D eigenvalue weighted by atomic mass is 10.2. The van der Waals surface area contributed by atoms with Gasteiger partial charge in [-0.15, -0.1) is 0 Å². The number of anilines is 2.